The fourth-order valence-corrected chi connectivity index (χ4v) is 3.81. The van der Waals surface area contributed by atoms with E-state index in [2.05, 4.69) is 25.2 Å². The van der Waals surface area contributed by atoms with Crippen molar-refractivity contribution in [1.29, 1.82) is 0 Å². The SMILES string of the molecule is CC1CCCC(C2CC(C)c3ccccc3C2=O)N1. The fraction of sp³-hybridized carbons (Fsp3) is 0.588. The summed E-state index contributed by atoms with van der Waals surface area (Å²) in [4.78, 5) is 12.7. The Kier molecular flexibility index (Phi) is 3.44. The molecule has 1 N–H and O–H groups in total. The number of ketones is 1. The molecule has 2 nitrogen and oxygen atoms in total. The number of rotatable bonds is 1. The third kappa shape index (κ3) is 2.34. The molecule has 0 aromatic heterocycles. The van der Waals surface area contributed by atoms with Crippen molar-refractivity contribution in [3.05, 3.63) is 35.4 Å². The minimum Gasteiger partial charge on any atom is -0.311 e. The molecule has 0 amide bonds. The van der Waals surface area contributed by atoms with Crippen LogP contribution >= 0.6 is 0 Å². The molecule has 1 aromatic rings. The summed E-state index contributed by atoms with van der Waals surface area (Å²) in [6.07, 6.45) is 4.64. The van der Waals surface area contributed by atoms with E-state index in [0.29, 0.717) is 23.8 Å². The third-order valence-electron chi connectivity index (χ3n) is 4.84. The van der Waals surface area contributed by atoms with Crippen molar-refractivity contribution in [2.75, 3.05) is 0 Å². The Labute approximate surface area is 115 Å². The topological polar surface area (TPSA) is 29.1 Å². The van der Waals surface area contributed by atoms with Crippen LogP contribution in [0.15, 0.2) is 24.3 Å². The lowest BCUT2D eigenvalue weighted by atomic mass is 9.72. The van der Waals surface area contributed by atoms with Gasteiger partial charge in [0.1, 0.15) is 0 Å². The summed E-state index contributed by atoms with van der Waals surface area (Å²) < 4.78 is 0. The molecule has 1 aliphatic carbocycles. The van der Waals surface area contributed by atoms with Crippen LogP contribution in [-0.2, 0) is 0 Å². The summed E-state index contributed by atoms with van der Waals surface area (Å²) in [6.45, 7) is 4.49. The van der Waals surface area contributed by atoms with Crippen molar-refractivity contribution in [2.45, 2.75) is 57.5 Å². The van der Waals surface area contributed by atoms with E-state index in [1.807, 2.05) is 18.2 Å². The minimum atomic E-state index is 0.174. The Morgan fingerprint density at radius 2 is 1.95 bits per heavy atom. The van der Waals surface area contributed by atoms with Gasteiger partial charge in [-0.25, -0.2) is 0 Å². The number of nitrogens with one attached hydrogen (secondary N) is 1. The van der Waals surface area contributed by atoms with Gasteiger partial charge in [0, 0.05) is 23.6 Å². The maximum Gasteiger partial charge on any atom is 0.167 e. The molecule has 1 saturated heterocycles. The van der Waals surface area contributed by atoms with Crippen molar-refractivity contribution >= 4 is 5.78 Å². The zero-order valence-electron chi connectivity index (χ0n) is 11.9. The van der Waals surface area contributed by atoms with E-state index in [1.165, 1.54) is 18.4 Å². The summed E-state index contributed by atoms with van der Waals surface area (Å²) in [5.74, 6) is 1.03. The number of Topliss-reactive ketones (excluding diaryl/α,β-unsaturated/α-hetero) is 1. The molecule has 19 heavy (non-hydrogen) atoms. The Balaban J connectivity index is 1.87. The molecule has 1 fully saturated rings. The standard InChI is InChI=1S/C17H23NO/c1-11-10-15(16-9-5-6-12(2)18-16)17(19)14-8-4-3-7-13(11)14/h3-4,7-8,11-12,15-16,18H,5-6,9-10H2,1-2H3. The van der Waals surface area contributed by atoms with Crippen molar-refractivity contribution in [3.63, 3.8) is 0 Å². The molecule has 1 aromatic carbocycles. The molecule has 3 rings (SSSR count). The van der Waals surface area contributed by atoms with Gasteiger partial charge < -0.3 is 5.32 Å². The van der Waals surface area contributed by atoms with Crippen LogP contribution < -0.4 is 5.32 Å². The van der Waals surface area contributed by atoms with Crippen LogP contribution in [0.3, 0.4) is 0 Å². The van der Waals surface area contributed by atoms with Crippen LogP contribution in [0.5, 0.6) is 0 Å². The highest BCUT2D eigenvalue weighted by Crippen LogP contribution is 2.37. The highest BCUT2D eigenvalue weighted by molar-refractivity contribution is 6.01. The maximum absolute atomic E-state index is 12.7. The van der Waals surface area contributed by atoms with E-state index in [4.69, 9.17) is 0 Å². The molecule has 1 heterocycles. The van der Waals surface area contributed by atoms with Gasteiger partial charge in [-0.2, -0.15) is 0 Å². The van der Waals surface area contributed by atoms with Crippen LogP contribution in [0.25, 0.3) is 0 Å². The number of carbonyl (C=O) groups is 1. The molecule has 0 spiro atoms. The number of piperidine rings is 1. The first-order valence-electron chi connectivity index (χ1n) is 7.56. The normalized spacial score (nSPS) is 34.9. The number of benzene rings is 1. The average Bonchev–Trinajstić information content (AvgIpc) is 2.43. The second-order valence-electron chi connectivity index (χ2n) is 6.30. The largest absolute Gasteiger partial charge is 0.311 e. The van der Waals surface area contributed by atoms with E-state index in [0.717, 1.165) is 18.4 Å². The minimum absolute atomic E-state index is 0.174. The van der Waals surface area contributed by atoms with Crippen LogP contribution in [0.1, 0.15) is 61.4 Å². The molecular weight excluding hydrogens is 234 g/mol. The van der Waals surface area contributed by atoms with Gasteiger partial charge >= 0.3 is 0 Å². The van der Waals surface area contributed by atoms with E-state index < -0.39 is 0 Å². The Bertz CT molecular complexity index is 482. The lowest BCUT2D eigenvalue weighted by molar-refractivity contribution is 0.0834. The van der Waals surface area contributed by atoms with Gasteiger partial charge in [-0.05, 0) is 37.7 Å². The van der Waals surface area contributed by atoms with Crippen molar-refractivity contribution in [2.24, 2.45) is 5.92 Å². The molecule has 2 aliphatic rings. The van der Waals surface area contributed by atoms with Gasteiger partial charge in [0.25, 0.3) is 0 Å². The lowest BCUT2D eigenvalue weighted by Gasteiger charge is -2.38. The monoisotopic (exact) mass is 257 g/mol. The third-order valence-corrected chi connectivity index (χ3v) is 4.84. The highest BCUT2D eigenvalue weighted by Gasteiger charge is 2.37. The summed E-state index contributed by atoms with van der Waals surface area (Å²) in [5, 5.41) is 3.65. The average molecular weight is 257 g/mol. The summed E-state index contributed by atoms with van der Waals surface area (Å²) in [5.41, 5.74) is 2.21. The van der Waals surface area contributed by atoms with Gasteiger partial charge in [-0.15, -0.1) is 0 Å². The predicted octanol–water partition coefficient (Wildman–Crippen LogP) is 3.52. The van der Waals surface area contributed by atoms with E-state index >= 15 is 0 Å². The number of hydrogen-bond acceptors (Lipinski definition) is 2. The van der Waals surface area contributed by atoms with Crippen LogP contribution in [-0.4, -0.2) is 17.9 Å². The summed E-state index contributed by atoms with van der Waals surface area (Å²) in [6, 6.07) is 9.09. The summed E-state index contributed by atoms with van der Waals surface area (Å²) >= 11 is 0. The Morgan fingerprint density at radius 1 is 1.16 bits per heavy atom. The highest BCUT2D eigenvalue weighted by atomic mass is 16.1. The fourth-order valence-electron chi connectivity index (χ4n) is 3.81. The number of fused-ring (bicyclic) bond motifs is 1. The van der Waals surface area contributed by atoms with Gasteiger partial charge in [0.2, 0.25) is 0 Å². The maximum atomic E-state index is 12.7. The molecule has 0 bridgehead atoms. The zero-order chi connectivity index (χ0) is 13.4. The molecule has 4 unspecified atom stereocenters. The summed E-state index contributed by atoms with van der Waals surface area (Å²) in [7, 11) is 0. The van der Waals surface area contributed by atoms with Crippen molar-refractivity contribution < 1.29 is 4.79 Å². The molecule has 0 radical (unpaired) electrons. The van der Waals surface area contributed by atoms with Crippen LogP contribution in [0, 0.1) is 5.92 Å². The molecule has 4 atom stereocenters. The number of hydrogen-bond donors (Lipinski definition) is 1. The molecular formula is C17H23NO. The molecule has 102 valence electrons. The molecule has 2 heteroatoms. The first-order valence-corrected chi connectivity index (χ1v) is 7.56. The van der Waals surface area contributed by atoms with Gasteiger partial charge in [-0.1, -0.05) is 37.6 Å². The van der Waals surface area contributed by atoms with E-state index in [-0.39, 0.29) is 5.92 Å². The van der Waals surface area contributed by atoms with E-state index in [9.17, 15) is 4.79 Å². The van der Waals surface area contributed by atoms with Crippen molar-refractivity contribution in [1.82, 2.24) is 5.32 Å². The Hall–Kier alpha value is -1.15. The van der Waals surface area contributed by atoms with Gasteiger partial charge in [0.05, 0.1) is 0 Å². The first-order chi connectivity index (χ1) is 9.16. The second-order valence-corrected chi connectivity index (χ2v) is 6.30. The smallest absolute Gasteiger partial charge is 0.167 e. The quantitative estimate of drug-likeness (QED) is 0.834. The first kappa shape index (κ1) is 12.9. The second kappa shape index (κ2) is 5.09. The van der Waals surface area contributed by atoms with Crippen LogP contribution in [0.4, 0.5) is 0 Å². The lowest BCUT2D eigenvalue weighted by Crippen LogP contribution is -2.48. The molecule has 1 aliphatic heterocycles. The van der Waals surface area contributed by atoms with Crippen molar-refractivity contribution in [3.8, 4) is 0 Å². The molecule has 0 saturated carbocycles. The van der Waals surface area contributed by atoms with Crippen LogP contribution in [0.2, 0.25) is 0 Å². The van der Waals surface area contributed by atoms with Gasteiger partial charge in [-0.3, -0.25) is 4.79 Å². The number of carbonyl (C=O) groups excluding carboxylic acids is 1. The Morgan fingerprint density at radius 3 is 2.74 bits per heavy atom. The van der Waals surface area contributed by atoms with Gasteiger partial charge in [0.15, 0.2) is 5.78 Å². The zero-order valence-corrected chi connectivity index (χ0v) is 11.9. The predicted molar refractivity (Wildman–Crippen MR) is 77.5 cm³/mol. The van der Waals surface area contributed by atoms with E-state index in [1.54, 1.807) is 0 Å².